The number of halogens is 2. The van der Waals surface area contributed by atoms with E-state index in [1.54, 1.807) is 16.8 Å². The fourth-order valence-corrected chi connectivity index (χ4v) is 2.47. The molecule has 1 aromatic carbocycles. The molecular formula is C16H16Cl2N4O. The van der Waals surface area contributed by atoms with Crippen molar-refractivity contribution in [2.24, 2.45) is 0 Å². The summed E-state index contributed by atoms with van der Waals surface area (Å²) in [5.74, 6) is 0.574. The maximum Gasteiger partial charge on any atom is 0.233 e. The standard InChI is InChI=1S/C16H16Cl2N4O/c1-12-10-16(23-9-8-21-7-3-2-6-19-21)20-22(12)13-4-5-14(17)15(18)11-13/h2-7,10-11,19H,8-9H2,1H3. The third-order valence-electron chi connectivity index (χ3n) is 3.31. The number of hydrogen-bond acceptors (Lipinski definition) is 4. The van der Waals surface area contributed by atoms with E-state index >= 15 is 0 Å². The van der Waals surface area contributed by atoms with Gasteiger partial charge in [-0.15, -0.1) is 5.10 Å². The molecule has 0 saturated heterocycles. The number of allylic oxidation sites excluding steroid dienone is 2. The predicted octanol–water partition coefficient (Wildman–Crippen LogP) is 3.71. The summed E-state index contributed by atoms with van der Waals surface area (Å²) in [5, 5.41) is 7.41. The molecule has 23 heavy (non-hydrogen) atoms. The van der Waals surface area contributed by atoms with Gasteiger partial charge in [0.2, 0.25) is 5.88 Å². The second kappa shape index (κ2) is 6.98. The molecule has 5 nitrogen and oxygen atoms in total. The molecule has 1 N–H and O–H groups in total. The van der Waals surface area contributed by atoms with Crippen LogP contribution in [-0.4, -0.2) is 27.9 Å². The van der Waals surface area contributed by atoms with Gasteiger partial charge in [0.05, 0.1) is 22.3 Å². The zero-order valence-corrected chi connectivity index (χ0v) is 14.1. The van der Waals surface area contributed by atoms with Crippen LogP contribution in [0.1, 0.15) is 5.69 Å². The van der Waals surface area contributed by atoms with E-state index in [4.69, 9.17) is 27.9 Å². The van der Waals surface area contributed by atoms with Gasteiger partial charge in [-0.3, -0.25) is 5.01 Å². The molecule has 1 aromatic heterocycles. The molecule has 0 atom stereocenters. The van der Waals surface area contributed by atoms with Gasteiger partial charge in [0.15, 0.2) is 0 Å². The largest absolute Gasteiger partial charge is 0.475 e. The number of hydrazine groups is 1. The first-order valence-corrected chi connectivity index (χ1v) is 7.90. The van der Waals surface area contributed by atoms with Crippen LogP contribution in [0.4, 0.5) is 0 Å². The number of aryl methyl sites for hydroxylation is 1. The van der Waals surface area contributed by atoms with Gasteiger partial charge >= 0.3 is 0 Å². The molecule has 2 aromatic rings. The molecule has 1 aliphatic rings. The highest BCUT2D eigenvalue weighted by Crippen LogP contribution is 2.25. The van der Waals surface area contributed by atoms with E-state index in [0.717, 1.165) is 11.4 Å². The molecule has 120 valence electrons. The van der Waals surface area contributed by atoms with Gasteiger partial charge in [-0.2, -0.15) is 0 Å². The molecule has 7 heteroatoms. The lowest BCUT2D eigenvalue weighted by Gasteiger charge is -2.21. The summed E-state index contributed by atoms with van der Waals surface area (Å²) in [5.41, 5.74) is 4.89. The summed E-state index contributed by atoms with van der Waals surface area (Å²) >= 11 is 12.0. The van der Waals surface area contributed by atoms with Crippen LogP contribution in [-0.2, 0) is 0 Å². The Balaban J connectivity index is 1.64. The van der Waals surface area contributed by atoms with Gasteiger partial charge in [0.25, 0.3) is 0 Å². The van der Waals surface area contributed by atoms with Crippen LogP contribution < -0.4 is 10.2 Å². The van der Waals surface area contributed by atoms with Crippen LogP contribution >= 0.6 is 23.2 Å². The lowest BCUT2D eigenvalue weighted by Crippen LogP contribution is -2.33. The number of hydrogen-bond donors (Lipinski definition) is 1. The second-order valence-electron chi connectivity index (χ2n) is 5.01. The molecule has 1 aliphatic heterocycles. The van der Waals surface area contributed by atoms with Crippen molar-refractivity contribution < 1.29 is 4.74 Å². The third kappa shape index (κ3) is 3.81. The number of aromatic nitrogens is 2. The van der Waals surface area contributed by atoms with Crippen LogP contribution in [0.5, 0.6) is 5.88 Å². The summed E-state index contributed by atoms with van der Waals surface area (Å²) in [4.78, 5) is 0. The van der Waals surface area contributed by atoms with Gasteiger partial charge in [0, 0.05) is 24.2 Å². The maximum absolute atomic E-state index is 6.06. The molecule has 2 heterocycles. The number of ether oxygens (including phenoxy) is 1. The summed E-state index contributed by atoms with van der Waals surface area (Å²) in [6.45, 7) is 3.19. The van der Waals surface area contributed by atoms with Gasteiger partial charge in [-0.1, -0.05) is 23.2 Å². The Hall–Kier alpha value is -2.11. The highest BCUT2D eigenvalue weighted by Gasteiger charge is 2.09. The lowest BCUT2D eigenvalue weighted by molar-refractivity contribution is 0.221. The van der Waals surface area contributed by atoms with Gasteiger partial charge in [0.1, 0.15) is 6.61 Å². The third-order valence-corrected chi connectivity index (χ3v) is 4.05. The Bertz CT molecular complexity index is 755. The molecule has 0 bridgehead atoms. The van der Waals surface area contributed by atoms with Crippen molar-refractivity contribution in [1.29, 1.82) is 0 Å². The Kier molecular flexibility index (Phi) is 4.79. The smallest absolute Gasteiger partial charge is 0.233 e. The average Bonchev–Trinajstić information content (AvgIpc) is 2.92. The minimum Gasteiger partial charge on any atom is -0.475 e. The molecule has 0 unspecified atom stereocenters. The summed E-state index contributed by atoms with van der Waals surface area (Å²) in [6.07, 6.45) is 7.70. The molecule has 0 spiro atoms. The van der Waals surface area contributed by atoms with Crippen LogP contribution in [0, 0.1) is 6.92 Å². The van der Waals surface area contributed by atoms with Crippen molar-refractivity contribution in [1.82, 2.24) is 20.2 Å². The minimum atomic E-state index is 0.498. The predicted molar refractivity (Wildman–Crippen MR) is 91.9 cm³/mol. The van der Waals surface area contributed by atoms with Gasteiger partial charge < -0.3 is 10.2 Å². The zero-order valence-electron chi connectivity index (χ0n) is 12.5. The van der Waals surface area contributed by atoms with Crippen molar-refractivity contribution in [2.75, 3.05) is 13.2 Å². The fourth-order valence-electron chi connectivity index (χ4n) is 2.17. The topological polar surface area (TPSA) is 42.3 Å². The van der Waals surface area contributed by atoms with Crippen LogP contribution in [0.3, 0.4) is 0 Å². The van der Waals surface area contributed by atoms with Crippen molar-refractivity contribution in [2.45, 2.75) is 6.92 Å². The van der Waals surface area contributed by atoms with Gasteiger partial charge in [-0.05, 0) is 37.3 Å². The minimum absolute atomic E-state index is 0.498. The number of benzene rings is 1. The lowest BCUT2D eigenvalue weighted by atomic mass is 10.3. The summed E-state index contributed by atoms with van der Waals surface area (Å²) in [7, 11) is 0. The fraction of sp³-hybridized carbons (Fsp3) is 0.188. The Labute approximate surface area is 144 Å². The second-order valence-corrected chi connectivity index (χ2v) is 5.82. The van der Waals surface area contributed by atoms with E-state index in [0.29, 0.717) is 29.1 Å². The molecular weight excluding hydrogens is 335 g/mol. The van der Waals surface area contributed by atoms with E-state index in [2.05, 4.69) is 10.5 Å². The monoisotopic (exact) mass is 350 g/mol. The zero-order chi connectivity index (χ0) is 16.2. The normalized spacial score (nSPS) is 13.3. The first kappa shape index (κ1) is 15.8. The quantitative estimate of drug-likeness (QED) is 0.892. The van der Waals surface area contributed by atoms with E-state index in [-0.39, 0.29) is 0 Å². The first-order chi connectivity index (χ1) is 11.1. The Morgan fingerprint density at radius 3 is 2.78 bits per heavy atom. The van der Waals surface area contributed by atoms with Crippen molar-refractivity contribution in [3.63, 3.8) is 0 Å². The molecule has 0 fully saturated rings. The number of nitrogens with zero attached hydrogens (tertiary/aromatic N) is 3. The number of nitrogens with one attached hydrogen (secondary N) is 1. The van der Waals surface area contributed by atoms with Crippen LogP contribution in [0.15, 0.2) is 48.8 Å². The van der Waals surface area contributed by atoms with Crippen molar-refractivity contribution in [3.8, 4) is 11.6 Å². The van der Waals surface area contributed by atoms with E-state index < -0.39 is 0 Å². The summed E-state index contributed by atoms with van der Waals surface area (Å²) < 4.78 is 7.49. The van der Waals surface area contributed by atoms with Crippen molar-refractivity contribution >= 4 is 23.2 Å². The molecule has 0 aliphatic carbocycles. The maximum atomic E-state index is 6.06. The Morgan fingerprint density at radius 2 is 2.04 bits per heavy atom. The first-order valence-electron chi connectivity index (χ1n) is 7.14. The molecule has 0 radical (unpaired) electrons. The average molecular weight is 351 g/mol. The Morgan fingerprint density at radius 1 is 1.17 bits per heavy atom. The molecule has 3 rings (SSSR count). The van der Waals surface area contributed by atoms with Crippen LogP contribution in [0.2, 0.25) is 10.0 Å². The number of rotatable bonds is 5. The van der Waals surface area contributed by atoms with Crippen LogP contribution in [0.25, 0.3) is 5.69 Å². The molecule has 0 saturated carbocycles. The SMILES string of the molecule is Cc1cc(OCCN2C=CC=CN2)nn1-c1ccc(Cl)c(Cl)c1. The van der Waals surface area contributed by atoms with Gasteiger partial charge in [-0.25, -0.2) is 4.68 Å². The highest BCUT2D eigenvalue weighted by molar-refractivity contribution is 6.42. The van der Waals surface area contributed by atoms with E-state index in [1.807, 2.05) is 48.6 Å². The van der Waals surface area contributed by atoms with E-state index in [1.165, 1.54) is 0 Å². The summed E-state index contributed by atoms with van der Waals surface area (Å²) in [6, 6.07) is 7.29. The highest BCUT2D eigenvalue weighted by atomic mass is 35.5. The van der Waals surface area contributed by atoms with E-state index in [9.17, 15) is 0 Å². The molecule has 0 amide bonds. The van der Waals surface area contributed by atoms with Crippen molar-refractivity contribution in [3.05, 3.63) is 64.6 Å².